The van der Waals surface area contributed by atoms with E-state index >= 15 is 0 Å². The second-order valence-corrected chi connectivity index (χ2v) is 2.95. The van der Waals surface area contributed by atoms with Gasteiger partial charge in [0.05, 0.1) is 0 Å². The van der Waals surface area contributed by atoms with Crippen LogP contribution in [0.4, 0.5) is 5.82 Å². The number of pyridine rings is 1. The summed E-state index contributed by atoms with van der Waals surface area (Å²) in [6.07, 6.45) is 2.80. The molecule has 0 radical (unpaired) electrons. The van der Waals surface area contributed by atoms with E-state index in [4.69, 9.17) is 5.41 Å². The zero-order valence-corrected chi connectivity index (χ0v) is 8.09. The molecule has 0 fully saturated rings. The van der Waals surface area contributed by atoms with Gasteiger partial charge in [-0.15, -0.1) is 0 Å². The largest absolute Gasteiger partial charge is 0.370 e. The lowest BCUT2D eigenvalue weighted by Gasteiger charge is -2.08. The molecule has 0 bridgehead atoms. The topological polar surface area (TPSA) is 48.8 Å². The van der Waals surface area contributed by atoms with Crippen LogP contribution in [0.1, 0.15) is 25.8 Å². The van der Waals surface area contributed by atoms with Crippen molar-refractivity contribution in [3.8, 4) is 0 Å². The molecule has 13 heavy (non-hydrogen) atoms. The van der Waals surface area contributed by atoms with Crippen LogP contribution in [-0.2, 0) is 0 Å². The second kappa shape index (κ2) is 4.60. The Hall–Kier alpha value is -1.38. The summed E-state index contributed by atoms with van der Waals surface area (Å²) in [6.45, 7) is 4.78. The number of hydrogen-bond donors (Lipinski definition) is 2. The van der Waals surface area contributed by atoms with E-state index in [0.717, 1.165) is 24.3 Å². The molecule has 0 atom stereocenters. The van der Waals surface area contributed by atoms with Gasteiger partial charge < -0.3 is 10.7 Å². The molecule has 3 nitrogen and oxygen atoms in total. The fraction of sp³-hybridized carbons (Fsp3) is 0.400. The predicted molar refractivity (Wildman–Crippen MR) is 55.5 cm³/mol. The van der Waals surface area contributed by atoms with Gasteiger partial charge in [-0.3, -0.25) is 0 Å². The lowest BCUT2D eigenvalue weighted by atomic mass is 10.2. The van der Waals surface area contributed by atoms with Gasteiger partial charge in [-0.05, 0) is 25.5 Å². The van der Waals surface area contributed by atoms with Gasteiger partial charge in [0.2, 0.25) is 0 Å². The van der Waals surface area contributed by atoms with Crippen molar-refractivity contribution in [2.24, 2.45) is 0 Å². The Bertz CT molecular complexity index is 294. The van der Waals surface area contributed by atoms with Crippen molar-refractivity contribution in [3.05, 3.63) is 23.9 Å². The van der Waals surface area contributed by atoms with Crippen molar-refractivity contribution in [1.82, 2.24) is 4.98 Å². The highest BCUT2D eigenvalue weighted by molar-refractivity contribution is 6.00. The van der Waals surface area contributed by atoms with Gasteiger partial charge in [0, 0.05) is 24.0 Å². The third kappa shape index (κ3) is 2.54. The maximum absolute atomic E-state index is 7.53. The summed E-state index contributed by atoms with van der Waals surface area (Å²) >= 11 is 0. The Morgan fingerprint density at radius 2 is 2.38 bits per heavy atom. The molecule has 0 aliphatic rings. The van der Waals surface area contributed by atoms with Gasteiger partial charge in [0.15, 0.2) is 0 Å². The van der Waals surface area contributed by atoms with Crippen LogP contribution in [0.5, 0.6) is 0 Å². The minimum Gasteiger partial charge on any atom is -0.370 e. The number of nitrogens with zero attached hydrogens (tertiary/aromatic N) is 1. The van der Waals surface area contributed by atoms with Gasteiger partial charge in [0.25, 0.3) is 0 Å². The van der Waals surface area contributed by atoms with Crippen molar-refractivity contribution in [2.75, 3.05) is 11.9 Å². The van der Waals surface area contributed by atoms with Crippen molar-refractivity contribution < 1.29 is 0 Å². The standard InChI is InChI=1S/C10H15N3/c1-3-6-12-10-9(8(2)11)5-4-7-13-10/h4-5,7,11H,3,6H2,1-2H3,(H,12,13). The van der Waals surface area contributed by atoms with Crippen LogP contribution in [0.25, 0.3) is 0 Å². The number of rotatable bonds is 4. The summed E-state index contributed by atoms with van der Waals surface area (Å²) in [4.78, 5) is 4.19. The van der Waals surface area contributed by atoms with Gasteiger partial charge in [-0.1, -0.05) is 6.92 Å². The molecule has 0 spiro atoms. The molecule has 1 aromatic heterocycles. The summed E-state index contributed by atoms with van der Waals surface area (Å²) in [5.41, 5.74) is 1.43. The first-order valence-corrected chi connectivity index (χ1v) is 4.50. The molecule has 0 saturated carbocycles. The minimum atomic E-state index is 0.548. The molecule has 1 aromatic rings. The molecule has 3 heteroatoms. The highest BCUT2D eigenvalue weighted by atomic mass is 15.0. The number of hydrogen-bond acceptors (Lipinski definition) is 3. The third-order valence-corrected chi connectivity index (χ3v) is 1.75. The first kappa shape index (κ1) is 9.71. The summed E-state index contributed by atoms with van der Waals surface area (Å²) < 4.78 is 0. The Labute approximate surface area is 78.7 Å². The lowest BCUT2D eigenvalue weighted by molar-refractivity contribution is 0.968. The van der Waals surface area contributed by atoms with Crippen molar-refractivity contribution in [1.29, 1.82) is 5.41 Å². The summed E-state index contributed by atoms with van der Waals surface area (Å²) in [5, 5.41) is 10.7. The van der Waals surface area contributed by atoms with Crippen LogP contribution in [0.3, 0.4) is 0 Å². The first-order chi connectivity index (χ1) is 6.25. The molecule has 2 N–H and O–H groups in total. The second-order valence-electron chi connectivity index (χ2n) is 2.95. The Morgan fingerprint density at radius 1 is 1.62 bits per heavy atom. The van der Waals surface area contributed by atoms with E-state index in [1.54, 1.807) is 13.1 Å². The molecule has 0 aromatic carbocycles. The molecule has 0 unspecified atom stereocenters. The van der Waals surface area contributed by atoms with Gasteiger partial charge >= 0.3 is 0 Å². The molecule has 70 valence electrons. The first-order valence-electron chi connectivity index (χ1n) is 4.50. The van der Waals surface area contributed by atoms with Crippen molar-refractivity contribution in [2.45, 2.75) is 20.3 Å². The van der Waals surface area contributed by atoms with E-state index < -0.39 is 0 Å². The minimum absolute atomic E-state index is 0.548. The fourth-order valence-corrected chi connectivity index (χ4v) is 1.09. The van der Waals surface area contributed by atoms with Crippen LogP contribution in [-0.4, -0.2) is 17.2 Å². The Morgan fingerprint density at radius 3 is 3.00 bits per heavy atom. The van der Waals surface area contributed by atoms with Gasteiger partial charge in [0.1, 0.15) is 5.82 Å². The van der Waals surface area contributed by atoms with Crippen LogP contribution >= 0.6 is 0 Å². The van der Waals surface area contributed by atoms with Crippen molar-refractivity contribution >= 4 is 11.5 Å². The average molecular weight is 177 g/mol. The predicted octanol–water partition coefficient (Wildman–Crippen LogP) is 2.29. The molecule has 0 amide bonds. The summed E-state index contributed by atoms with van der Waals surface area (Å²) in [5.74, 6) is 0.817. The molecule has 0 saturated heterocycles. The van der Waals surface area contributed by atoms with Crippen LogP contribution in [0.15, 0.2) is 18.3 Å². The number of anilines is 1. The zero-order chi connectivity index (χ0) is 9.68. The average Bonchev–Trinajstić information content (AvgIpc) is 2.15. The summed E-state index contributed by atoms with van der Waals surface area (Å²) in [6, 6.07) is 3.76. The Kier molecular flexibility index (Phi) is 3.43. The Balaban J connectivity index is 2.84. The highest BCUT2D eigenvalue weighted by Crippen LogP contribution is 2.11. The van der Waals surface area contributed by atoms with E-state index in [1.807, 2.05) is 12.1 Å². The molecule has 0 aliphatic heterocycles. The maximum Gasteiger partial charge on any atom is 0.135 e. The number of nitrogens with one attached hydrogen (secondary N) is 2. The zero-order valence-electron chi connectivity index (χ0n) is 8.09. The van der Waals surface area contributed by atoms with E-state index in [1.165, 1.54) is 0 Å². The van der Waals surface area contributed by atoms with Crippen molar-refractivity contribution in [3.63, 3.8) is 0 Å². The SMILES string of the molecule is CCCNc1ncccc1C(C)=N. The summed E-state index contributed by atoms with van der Waals surface area (Å²) in [7, 11) is 0. The normalized spacial score (nSPS) is 9.69. The van der Waals surface area contributed by atoms with E-state index in [2.05, 4.69) is 17.2 Å². The van der Waals surface area contributed by atoms with Crippen LogP contribution in [0.2, 0.25) is 0 Å². The van der Waals surface area contributed by atoms with E-state index in [0.29, 0.717) is 5.71 Å². The number of aromatic nitrogens is 1. The van der Waals surface area contributed by atoms with Gasteiger partial charge in [-0.2, -0.15) is 0 Å². The molecule has 1 rings (SSSR count). The van der Waals surface area contributed by atoms with Crippen LogP contribution < -0.4 is 5.32 Å². The quantitative estimate of drug-likeness (QED) is 0.693. The molecule has 0 aliphatic carbocycles. The molecular formula is C10H15N3. The smallest absolute Gasteiger partial charge is 0.135 e. The third-order valence-electron chi connectivity index (χ3n) is 1.75. The lowest BCUT2D eigenvalue weighted by Crippen LogP contribution is -2.07. The fourth-order valence-electron chi connectivity index (χ4n) is 1.09. The molecule has 1 heterocycles. The molecular weight excluding hydrogens is 162 g/mol. The monoisotopic (exact) mass is 177 g/mol. The highest BCUT2D eigenvalue weighted by Gasteiger charge is 2.02. The van der Waals surface area contributed by atoms with E-state index in [9.17, 15) is 0 Å². The van der Waals surface area contributed by atoms with E-state index in [-0.39, 0.29) is 0 Å². The van der Waals surface area contributed by atoms with Gasteiger partial charge in [-0.25, -0.2) is 4.98 Å². The van der Waals surface area contributed by atoms with Crippen LogP contribution in [0, 0.1) is 5.41 Å². The maximum atomic E-state index is 7.53.